The number of hydrogen-bond donors (Lipinski definition) is 1. The van der Waals surface area contributed by atoms with Crippen molar-refractivity contribution in [2.24, 2.45) is 0 Å². The zero-order valence-corrected chi connectivity index (χ0v) is 13.8. The number of carboxylic acid groups (broad SMARTS) is 1. The maximum atomic E-state index is 11.0. The molecule has 0 unspecified atom stereocenters. The van der Waals surface area contributed by atoms with Gasteiger partial charge in [-0.1, -0.05) is 18.9 Å². The average molecular weight is 344 g/mol. The van der Waals surface area contributed by atoms with Gasteiger partial charge in [0.05, 0.1) is 6.54 Å². The minimum Gasteiger partial charge on any atom is -0.476 e. The summed E-state index contributed by atoms with van der Waals surface area (Å²) in [5.41, 5.74) is 1.07. The smallest absolute Gasteiger partial charge is 0.357 e. The summed E-state index contributed by atoms with van der Waals surface area (Å²) >= 11 is 0. The van der Waals surface area contributed by atoms with Crippen molar-refractivity contribution in [3.8, 4) is 11.5 Å². The molecule has 7 heteroatoms. The average Bonchev–Trinajstić information content (AvgIpc) is 3.35. The van der Waals surface area contributed by atoms with Crippen molar-refractivity contribution in [3.05, 3.63) is 41.6 Å². The van der Waals surface area contributed by atoms with Gasteiger partial charge in [0.15, 0.2) is 17.2 Å². The predicted octanol–water partition coefficient (Wildman–Crippen LogP) is 3.05. The van der Waals surface area contributed by atoms with E-state index in [2.05, 4.69) is 9.88 Å². The summed E-state index contributed by atoms with van der Waals surface area (Å²) in [5.74, 6) is 0.909. The summed E-state index contributed by atoms with van der Waals surface area (Å²) in [5, 5.41) is 9.01. The number of fused-ring (bicyclic) bond motifs is 1. The molecule has 1 N–H and O–H groups in total. The van der Waals surface area contributed by atoms with E-state index in [1.807, 2.05) is 18.2 Å². The second-order valence-corrected chi connectivity index (χ2v) is 6.46. The van der Waals surface area contributed by atoms with E-state index < -0.39 is 5.97 Å². The van der Waals surface area contributed by atoms with E-state index >= 15 is 0 Å². The van der Waals surface area contributed by atoms with Crippen molar-refractivity contribution in [2.75, 3.05) is 6.79 Å². The van der Waals surface area contributed by atoms with Gasteiger partial charge in [-0.2, -0.15) is 0 Å². The lowest BCUT2D eigenvalue weighted by Gasteiger charge is -2.27. The first-order valence-corrected chi connectivity index (χ1v) is 8.49. The number of hydrogen-bond acceptors (Lipinski definition) is 6. The third-order valence-electron chi connectivity index (χ3n) is 4.77. The Bertz CT molecular complexity index is 767. The standard InChI is InChI=1S/C18H20N2O5/c21-18(22)14-10-23-17(19-14)9-20(13-3-1-2-4-13)8-12-5-6-15-16(7-12)25-11-24-15/h5-7,10,13H,1-4,8-9,11H2,(H,21,22). The molecule has 0 bridgehead atoms. The molecule has 1 fully saturated rings. The number of ether oxygens (including phenoxy) is 2. The van der Waals surface area contributed by atoms with Crippen LogP contribution in [0.4, 0.5) is 0 Å². The van der Waals surface area contributed by atoms with Gasteiger partial charge in [-0.3, -0.25) is 4.90 Å². The highest BCUT2D eigenvalue weighted by atomic mass is 16.7. The lowest BCUT2D eigenvalue weighted by molar-refractivity contribution is 0.0690. The van der Waals surface area contributed by atoms with Gasteiger partial charge >= 0.3 is 5.97 Å². The molecule has 7 nitrogen and oxygen atoms in total. The maximum absolute atomic E-state index is 11.0. The van der Waals surface area contributed by atoms with Crippen molar-refractivity contribution in [3.63, 3.8) is 0 Å². The molecule has 25 heavy (non-hydrogen) atoms. The number of carbonyl (C=O) groups is 1. The molecule has 132 valence electrons. The van der Waals surface area contributed by atoms with Crippen LogP contribution in [-0.2, 0) is 13.1 Å². The number of carboxylic acids is 1. The molecule has 2 aliphatic rings. The van der Waals surface area contributed by atoms with Crippen molar-refractivity contribution >= 4 is 5.97 Å². The van der Waals surface area contributed by atoms with Crippen LogP contribution in [0, 0.1) is 0 Å². The molecule has 1 saturated carbocycles. The Labute approximate surface area is 145 Å². The predicted molar refractivity (Wildman–Crippen MR) is 87.5 cm³/mol. The summed E-state index contributed by atoms with van der Waals surface area (Å²) in [6, 6.07) is 6.42. The van der Waals surface area contributed by atoms with E-state index in [1.165, 1.54) is 19.1 Å². The summed E-state index contributed by atoms with van der Waals surface area (Å²) in [6.45, 7) is 1.48. The Hall–Kier alpha value is -2.54. The molecule has 2 heterocycles. The van der Waals surface area contributed by atoms with Gasteiger partial charge in [-0.05, 0) is 30.5 Å². The highest BCUT2D eigenvalue weighted by Gasteiger charge is 2.25. The zero-order chi connectivity index (χ0) is 17.2. The summed E-state index contributed by atoms with van der Waals surface area (Å²) < 4.78 is 16.2. The quantitative estimate of drug-likeness (QED) is 0.862. The molecule has 1 aliphatic heterocycles. The highest BCUT2D eigenvalue weighted by molar-refractivity contribution is 5.84. The van der Waals surface area contributed by atoms with Crippen LogP contribution >= 0.6 is 0 Å². The lowest BCUT2D eigenvalue weighted by Crippen LogP contribution is -2.32. The largest absolute Gasteiger partial charge is 0.476 e. The van der Waals surface area contributed by atoms with Crippen LogP contribution in [0.2, 0.25) is 0 Å². The summed E-state index contributed by atoms with van der Waals surface area (Å²) in [7, 11) is 0. The van der Waals surface area contributed by atoms with Crippen LogP contribution in [-0.4, -0.2) is 33.8 Å². The van der Waals surface area contributed by atoms with Crippen LogP contribution in [0.5, 0.6) is 11.5 Å². The second kappa shape index (κ2) is 6.76. The first kappa shape index (κ1) is 16.0. The Morgan fingerprint density at radius 1 is 1.20 bits per heavy atom. The molecule has 1 aliphatic carbocycles. The number of nitrogens with zero attached hydrogens (tertiary/aromatic N) is 2. The molecule has 0 atom stereocenters. The van der Waals surface area contributed by atoms with E-state index in [0.29, 0.717) is 18.5 Å². The first-order chi connectivity index (χ1) is 12.2. The van der Waals surface area contributed by atoms with Crippen molar-refractivity contribution in [2.45, 2.75) is 44.8 Å². The lowest BCUT2D eigenvalue weighted by atomic mass is 10.1. The molecule has 0 spiro atoms. The number of aromatic nitrogens is 1. The molecule has 1 aromatic heterocycles. The SMILES string of the molecule is O=C(O)c1coc(CN(Cc2ccc3c(c2)OCO3)C2CCCC2)n1. The van der Waals surface area contributed by atoms with E-state index in [-0.39, 0.29) is 12.5 Å². The highest BCUT2D eigenvalue weighted by Crippen LogP contribution is 2.34. The van der Waals surface area contributed by atoms with Gasteiger partial charge in [0.25, 0.3) is 0 Å². The number of aromatic carboxylic acids is 1. The monoisotopic (exact) mass is 344 g/mol. The fraction of sp³-hybridized carbons (Fsp3) is 0.444. The molecule has 0 saturated heterocycles. The summed E-state index contributed by atoms with van der Waals surface area (Å²) in [4.78, 5) is 17.4. The van der Waals surface area contributed by atoms with Gasteiger partial charge in [-0.25, -0.2) is 9.78 Å². The van der Waals surface area contributed by atoms with Gasteiger partial charge in [0.1, 0.15) is 6.26 Å². The number of benzene rings is 1. The fourth-order valence-corrected chi connectivity index (χ4v) is 3.51. The van der Waals surface area contributed by atoms with Crippen LogP contribution in [0.3, 0.4) is 0 Å². The van der Waals surface area contributed by atoms with Crippen LogP contribution in [0.25, 0.3) is 0 Å². The van der Waals surface area contributed by atoms with Crippen molar-refractivity contribution in [1.29, 1.82) is 0 Å². The summed E-state index contributed by atoms with van der Waals surface area (Å²) in [6.07, 6.45) is 5.90. The third-order valence-corrected chi connectivity index (χ3v) is 4.77. The van der Waals surface area contributed by atoms with Crippen molar-refractivity contribution in [1.82, 2.24) is 9.88 Å². The van der Waals surface area contributed by atoms with E-state index in [0.717, 1.165) is 36.4 Å². The Kier molecular flexibility index (Phi) is 4.31. The Balaban J connectivity index is 1.52. The van der Waals surface area contributed by atoms with Crippen molar-refractivity contribution < 1.29 is 23.8 Å². The molecule has 0 radical (unpaired) electrons. The van der Waals surface area contributed by atoms with E-state index in [1.54, 1.807) is 0 Å². The fourth-order valence-electron chi connectivity index (χ4n) is 3.51. The molecule has 4 rings (SSSR count). The van der Waals surface area contributed by atoms with Crippen LogP contribution in [0.1, 0.15) is 47.6 Å². The topological polar surface area (TPSA) is 85.0 Å². The second-order valence-electron chi connectivity index (χ2n) is 6.46. The normalized spacial score (nSPS) is 16.7. The van der Waals surface area contributed by atoms with Gasteiger partial charge in [-0.15, -0.1) is 0 Å². The minimum atomic E-state index is -1.07. The van der Waals surface area contributed by atoms with Crippen LogP contribution in [0.15, 0.2) is 28.9 Å². The van der Waals surface area contributed by atoms with Gasteiger partial charge < -0.3 is 19.0 Å². The maximum Gasteiger partial charge on any atom is 0.357 e. The van der Waals surface area contributed by atoms with E-state index in [9.17, 15) is 4.79 Å². The number of rotatable bonds is 6. The van der Waals surface area contributed by atoms with Gasteiger partial charge in [0.2, 0.25) is 12.7 Å². The van der Waals surface area contributed by atoms with Crippen LogP contribution < -0.4 is 9.47 Å². The molecule has 2 aromatic rings. The third kappa shape index (κ3) is 3.46. The minimum absolute atomic E-state index is 0.0514. The Morgan fingerprint density at radius 3 is 2.76 bits per heavy atom. The molecule has 0 amide bonds. The molecule has 1 aromatic carbocycles. The number of oxazole rings is 1. The van der Waals surface area contributed by atoms with E-state index in [4.69, 9.17) is 19.0 Å². The van der Waals surface area contributed by atoms with Gasteiger partial charge in [0, 0.05) is 12.6 Å². The first-order valence-electron chi connectivity index (χ1n) is 8.49. The molecular weight excluding hydrogens is 324 g/mol. The zero-order valence-electron chi connectivity index (χ0n) is 13.8. The molecular formula is C18H20N2O5. The Morgan fingerprint density at radius 2 is 2.00 bits per heavy atom.